The van der Waals surface area contributed by atoms with E-state index in [9.17, 15) is 25.1 Å². The summed E-state index contributed by atoms with van der Waals surface area (Å²) in [5.41, 5.74) is 5.12. The zero-order valence-electron chi connectivity index (χ0n) is 10.2. The van der Waals surface area contributed by atoms with E-state index in [1.165, 1.54) is 4.90 Å². The van der Waals surface area contributed by atoms with Crippen LogP contribution in [0.1, 0.15) is 10.4 Å². The molecule has 0 radical (unpaired) electrons. The number of nitrogen functional groups attached to an aromatic ring is 1. The number of aliphatic hydroxyl groups excluding tert-OH is 2. The molecule has 9 heteroatoms. The molecule has 0 bridgehead atoms. The van der Waals surface area contributed by atoms with Crippen molar-refractivity contribution < 1.29 is 19.9 Å². The number of amides is 1. The van der Waals surface area contributed by atoms with Crippen molar-refractivity contribution in [3.8, 4) is 0 Å². The molecule has 0 saturated carbocycles. The number of hydrogen-bond acceptors (Lipinski definition) is 6. The van der Waals surface area contributed by atoms with Crippen LogP contribution in [0.3, 0.4) is 0 Å². The maximum Gasteiger partial charge on any atom is 0.271 e. The first-order valence-electron chi connectivity index (χ1n) is 5.70. The molecule has 1 fully saturated rings. The molecule has 20 heavy (non-hydrogen) atoms. The van der Waals surface area contributed by atoms with E-state index in [1.807, 2.05) is 0 Å². The van der Waals surface area contributed by atoms with Gasteiger partial charge in [-0.25, -0.2) is 0 Å². The highest BCUT2D eigenvalue weighted by atomic mass is 35.5. The lowest BCUT2D eigenvalue weighted by Crippen LogP contribution is -2.30. The summed E-state index contributed by atoms with van der Waals surface area (Å²) in [4.78, 5) is 23.5. The van der Waals surface area contributed by atoms with Crippen molar-refractivity contribution in [3.05, 3.63) is 32.8 Å². The molecule has 1 aromatic carbocycles. The summed E-state index contributed by atoms with van der Waals surface area (Å²) < 4.78 is 0. The van der Waals surface area contributed by atoms with Crippen LogP contribution in [0.4, 0.5) is 11.4 Å². The van der Waals surface area contributed by atoms with Gasteiger partial charge in [0.05, 0.1) is 33.4 Å². The van der Waals surface area contributed by atoms with E-state index in [4.69, 9.17) is 17.3 Å². The molecule has 2 rings (SSSR count). The number of nitro benzene ring substituents is 1. The zero-order chi connectivity index (χ0) is 15.0. The number of nitro groups is 1. The number of rotatable bonds is 2. The smallest absolute Gasteiger partial charge is 0.271 e. The Balaban J connectivity index is 2.37. The van der Waals surface area contributed by atoms with E-state index in [2.05, 4.69) is 0 Å². The quantitative estimate of drug-likeness (QED) is 0.401. The molecular weight excluding hydrogens is 290 g/mol. The van der Waals surface area contributed by atoms with Crippen molar-refractivity contribution in [2.75, 3.05) is 18.8 Å². The van der Waals surface area contributed by atoms with E-state index in [1.54, 1.807) is 0 Å². The second-order valence-electron chi connectivity index (χ2n) is 4.49. The van der Waals surface area contributed by atoms with Gasteiger partial charge in [-0.15, -0.1) is 0 Å². The first kappa shape index (κ1) is 14.5. The Kier molecular flexibility index (Phi) is 3.80. The molecule has 2 unspecified atom stereocenters. The lowest BCUT2D eigenvalue weighted by molar-refractivity contribution is -0.384. The largest absolute Gasteiger partial charge is 0.397 e. The number of hydrogen-bond donors (Lipinski definition) is 3. The fourth-order valence-corrected chi connectivity index (χ4v) is 2.21. The summed E-state index contributed by atoms with van der Waals surface area (Å²) in [7, 11) is 0. The topological polar surface area (TPSA) is 130 Å². The summed E-state index contributed by atoms with van der Waals surface area (Å²) in [6, 6.07) is 2.09. The van der Waals surface area contributed by atoms with Gasteiger partial charge < -0.3 is 20.8 Å². The summed E-state index contributed by atoms with van der Waals surface area (Å²) >= 11 is 5.77. The molecule has 108 valence electrons. The minimum atomic E-state index is -1.05. The number of carbonyl (C=O) groups excluding carboxylic acids is 1. The predicted molar refractivity (Wildman–Crippen MR) is 70.4 cm³/mol. The number of halogens is 1. The Labute approximate surface area is 118 Å². The molecule has 1 aliphatic rings. The number of nitrogens with zero attached hydrogens (tertiary/aromatic N) is 2. The van der Waals surface area contributed by atoms with Crippen LogP contribution in [0.25, 0.3) is 0 Å². The molecule has 1 amide bonds. The van der Waals surface area contributed by atoms with Gasteiger partial charge in [0.25, 0.3) is 11.6 Å². The molecule has 0 aliphatic carbocycles. The number of benzene rings is 1. The first-order valence-corrected chi connectivity index (χ1v) is 6.08. The third kappa shape index (κ3) is 2.53. The highest BCUT2D eigenvalue weighted by molar-refractivity contribution is 6.34. The van der Waals surface area contributed by atoms with Crippen molar-refractivity contribution >= 4 is 28.9 Å². The van der Waals surface area contributed by atoms with Crippen LogP contribution in [-0.4, -0.2) is 51.2 Å². The fraction of sp³-hybridized carbons (Fsp3) is 0.364. The number of carbonyl (C=O) groups is 1. The highest BCUT2D eigenvalue weighted by Crippen LogP contribution is 2.30. The van der Waals surface area contributed by atoms with E-state index in [0.717, 1.165) is 12.1 Å². The van der Waals surface area contributed by atoms with Gasteiger partial charge in [0.15, 0.2) is 0 Å². The van der Waals surface area contributed by atoms with Crippen molar-refractivity contribution in [1.82, 2.24) is 4.90 Å². The number of anilines is 1. The first-order chi connectivity index (χ1) is 9.31. The minimum absolute atomic E-state index is 0.0697. The average molecular weight is 302 g/mol. The van der Waals surface area contributed by atoms with Gasteiger partial charge in [0.2, 0.25) is 0 Å². The highest BCUT2D eigenvalue weighted by Gasteiger charge is 2.34. The Morgan fingerprint density at radius 3 is 2.45 bits per heavy atom. The SMILES string of the molecule is Nc1c(Cl)cc([N+](=O)[O-])cc1C(=O)N1CC(O)C(O)C1. The Bertz CT molecular complexity index is 569. The van der Waals surface area contributed by atoms with Gasteiger partial charge in [0, 0.05) is 25.2 Å². The van der Waals surface area contributed by atoms with Crippen LogP contribution in [0.2, 0.25) is 5.02 Å². The second-order valence-corrected chi connectivity index (χ2v) is 4.90. The molecule has 1 saturated heterocycles. The number of β-amino-alcohol motifs (C(OH)–C–C–N with tert-alkyl or cyclic N) is 2. The number of likely N-dealkylation sites (tertiary alicyclic amines) is 1. The molecule has 8 nitrogen and oxygen atoms in total. The molecule has 0 spiro atoms. The molecule has 2 atom stereocenters. The van der Waals surface area contributed by atoms with E-state index in [0.29, 0.717) is 0 Å². The molecule has 1 heterocycles. The maximum atomic E-state index is 12.2. The Hall–Kier alpha value is -1.90. The van der Waals surface area contributed by atoms with Crippen molar-refractivity contribution in [1.29, 1.82) is 0 Å². The average Bonchev–Trinajstić information content (AvgIpc) is 2.71. The van der Waals surface area contributed by atoms with Gasteiger partial charge in [-0.1, -0.05) is 11.6 Å². The van der Waals surface area contributed by atoms with Gasteiger partial charge in [-0.2, -0.15) is 0 Å². The molecule has 0 aromatic heterocycles. The van der Waals surface area contributed by atoms with Crippen LogP contribution >= 0.6 is 11.6 Å². The summed E-state index contributed by atoms with van der Waals surface area (Å²) in [5, 5.41) is 29.5. The van der Waals surface area contributed by atoms with Crippen molar-refractivity contribution in [2.24, 2.45) is 0 Å². The van der Waals surface area contributed by atoms with Crippen LogP contribution in [0.5, 0.6) is 0 Å². The second kappa shape index (κ2) is 5.23. The van der Waals surface area contributed by atoms with Gasteiger partial charge in [0.1, 0.15) is 0 Å². The zero-order valence-corrected chi connectivity index (χ0v) is 10.9. The molecule has 4 N–H and O–H groups in total. The summed E-state index contributed by atoms with van der Waals surface area (Å²) in [6.45, 7) is -0.139. The van der Waals surface area contributed by atoms with E-state index < -0.39 is 23.0 Å². The van der Waals surface area contributed by atoms with E-state index >= 15 is 0 Å². The lowest BCUT2D eigenvalue weighted by Gasteiger charge is -2.16. The third-order valence-electron chi connectivity index (χ3n) is 3.10. The standard InChI is InChI=1S/C11H12ClN3O5/c12-7-2-5(15(19)20)1-6(10(7)13)11(18)14-3-8(16)9(17)4-14/h1-2,8-9,16-17H,3-4,13H2. The lowest BCUT2D eigenvalue weighted by atomic mass is 10.1. The summed E-state index contributed by atoms with van der Waals surface area (Å²) in [5.74, 6) is -0.622. The monoisotopic (exact) mass is 301 g/mol. The maximum absolute atomic E-state index is 12.2. The molecule has 1 aliphatic heterocycles. The van der Waals surface area contributed by atoms with Gasteiger partial charge in [-0.05, 0) is 0 Å². The normalized spacial score (nSPS) is 22.1. The van der Waals surface area contributed by atoms with Crippen LogP contribution in [0, 0.1) is 10.1 Å². The summed E-state index contributed by atoms with van der Waals surface area (Å²) in [6.07, 6.45) is -2.09. The molecule has 1 aromatic rings. The third-order valence-corrected chi connectivity index (χ3v) is 3.41. The van der Waals surface area contributed by atoms with Crippen LogP contribution < -0.4 is 5.73 Å². The fourth-order valence-electron chi connectivity index (χ4n) is 1.99. The van der Waals surface area contributed by atoms with Gasteiger partial charge in [-0.3, -0.25) is 14.9 Å². The van der Waals surface area contributed by atoms with Gasteiger partial charge >= 0.3 is 0 Å². The Morgan fingerprint density at radius 2 is 1.95 bits per heavy atom. The number of nitrogens with two attached hydrogens (primary N) is 1. The Morgan fingerprint density at radius 1 is 1.40 bits per heavy atom. The predicted octanol–water partition coefficient (Wildman–Crippen LogP) is 0.00800. The van der Waals surface area contributed by atoms with Crippen LogP contribution in [-0.2, 0) is 0 Å². The van der Waals surface area contributed by atoms with Crippen molar-refractivity contribution in [3.63, 3.8) is 0 Å². The van der Waals surface area contributed by atoms with E-state index in [-0.39, 0.29) is 35.1 Å². The number of aliphatic hydroxyl groups is 2. The van der Waals surface area contributed by atoms with Crippen LogP contribution in [0.15, 0.2) is 12.1 Å². The van der Waals surface area contributed by atoms with Crippen molar-refractivity contribution in [2.45, 2.75) is 12.2 Å². The number of non-ortho nitro benzene ring substituents is 1. The molecular formula is C11H12ClN3O5. The minimum Gasteiger partial charge on any atom is -0.397 e.